The van der Waals surface area contributed by atoms with Gasteiger partial charge in [0.1, 0.15) is 141 Å². The minimum absolute atomic E-state index is 0.101. The van der Waals surface area contributed by atoms with Gasteiger partial charge in [0.2, 0.25) is 29.5 Å². The van der Waals surface area contributed by atoms with E-state index in [-0.39, 0.29) is 74.7 Å². The summed E-state index contributed by atoms with van der Waals surface area (Å²) in [5.41, 5.74) is 2.63. The Bertz CT molecular complexity index is 4470. The van der Waals surface area contributed by atoms with E-state index in [1.54, 1.807) is 21.0 Å². The van der Waals surface area contributed by atoms with E-state index in [9.17, 15) is 47.0 Å². The Morgan fingerprint density at radius 1 is 0.336 bits per heavy atom. The number of benzene rings is 3. The van der Waals surface area contributed by atoms with Crippen LogP contribution in [0.5, 0.6) is 0 Å². The molecule has 696 valence electrons. The lowest BCUT2D eigenvalue weighted by Gasteiger charge is -2.24. The summed E-state index contributed by atoms with van der Waals surface area (Å²) in [4.78, 5) is 74.2. The van der Waals surface area contributed by atoms with E-state index in [2.05, 4.69) is 0 Å². The van der Waals surface area contributed by atoms with Crippen molar-refractivity contribution < 1.29 is 176 Å². The predicted octanol–water partition coefficient (Wildman–Crippen LogP) is 12.1. The van der Waals surface area contributed by atoms with Crippen molar-refractivity contribution in [3.8, 4) is 0 Å². The van der Waals surface area contributed by atoms with Gasteiger partial charge < -0.3 is 135 Å². The van der Waals surface area contributed by atoms with Crippen molar-refractivity contribution in [3.05, 3.63) is 179 Å². The Morgan fingerprint density at radius 2 is 0.582 bits per heavy atom. The third-order valence-corrected chi connectivity index (χ3v) is 21.3. The van der Waals surface area contributed by atoms with Crippen LogP contribution in [-0.2, 0) is 113 Å². The summed E-state index contributed by atoms with van der Waals surface area (Å²) in [6.45, 7) is 24.7. The molecule has 122 heavy (non-hydrogen) atoms. The van der Waals surface area contributed by atoms with Crippen LogP contribution in [0, 0.1) is 0 Å². The highest BCUT2D eigenvalue weighted by molar-refractivity contribution is 7.61. The molecule has 10 N–H and O–H groups in total. The predicted molar refractivity (Wildman–Crippen MR) is 460 cm³/mol. The van der Waals surface area contributed by atoms with E-state index >= 15 is 0 Å². The van der Waals surface area contributed by atoms with Crippen LogP contribution in [0.25, 0.3) is 0 Å². The van der Waals surface area contributed by atoms with Crippen molar-refractivity contribution in [1.29, 1.82) is 0 Å². The molecule has 3 aromatic carbocycles. The molecule has 40 heteroatoms. The van der Waals surface area contributed by atoms with E-state index in [1.165, 1.54) is 41.6 Å². The van der Waals surface area contributed by atoms with Gasteiger partial charge in [0, 0.05) is 79.2 Å². The maximum absolute atomic E-state index is 11.8. The number of aliphatic hydroxyl groups excluding tert-OH is 2. The zero-order valence-corrected chi connectivity index (χ0v) is 77.8. The number of ether oxygens (including phenoxy) is 18. The first-order valence-corrected chi connectivity index (χ1v) is 50.2. The first-order chi connectivity index (χ1) is 61.3. The van der Waals surface area contributed by atoms with Gasteiger partial charge in [-0.05, 0) is 148 Å². The zero-order valence-electron chi connectivity index (χ0n) is 82.4. The average Bonchev–Trinajstić information content (AvgIpc) is 1.67. The number of hydrogen-bond donors (Lipinski definition) is 10. The van der Waals surface area contributed by atoms with E-state index in [4.69, 9.17) is 129 Å². The van der Waals surface area contributed by atoms with Crippen LogP contribution in [0.3, 0.4) is 0 Å². The maximum Gasteiger partial charge on any atom is 0.348 e. The van der Waals surface area contributed by atoms with Gasteiger partial charge in [-0.3, -0.25) is 27.4 Å². The molecule has 0 aliphatic carbocycles. The Hall–Kier alpha value is -3.64. The molecular weight excluding hydrogens is 1710 g/mol. The minimum Gasteiger partial charge on any atom is -0.386 e. The lowest BCUT2D eigenvalue weighted by atomic mass is 10.0. The van der Waals surface area contributed by atoms with Gasteiger partial charge in [-0.1, -0.05) is 91.0 Å². The topological polar surface area (TPSA) is 471 Å². The second kappa shape index (κ2) is 53.5. The largest absolute Gasteiger partial charge is 0.386 e. The summed E-state index contributed by atoms with van der Waals surface area (Å²) in [5, 5.41) is 17.8. The third kappa shape index (κ3) is 39.8. The highest BCUT2D eigenvalue weighted by Crippen LogP contribution is 2.47. The summed E-state index contributed by atoms with van der Waals surface area (Å²) in [5.74, 6) is -4.44. The van der Waals surface area contributed by atoms with E-state index in [0.29, 0.717) is 0 Å². The van der Waals surface area contributed by atoms with Gasteiger partial charge in [-0.15, -0.1) is 0 Å². The van der Waals surface area contributed by atoms with Crippen LogP contribution < -0.4 is 0 Å². The molecule has 4 unspecified atom stereocenters. The highest BCUT2D eigenvalue weighted by atomic mass is 31.2. The summed E-state index contributed by atoms with van der Waals surface area (Å²) >= 11 is 0. The SMILES string of the molecule is [2H]/C(=C(/[2H])P(=O)(O)CO)[C@H]1OC[C@H](OC)[C@@H]1OC(C)C.[2H]/C(=C(/[2H])P(=O)(O)O)[C@H]1OC[C@H](OC)[C@@H]1OC(C)C.[2H]/C(=C(/[2H])P(C)(=O)O)[C@H]1OC[C@H](OC)[C@@H]1OC(C)C.[2H]/C(=C(/[2H])P(C)(=O)O)[C@H]1O[C@@H](c2ccccc2)[C@H](OC)[C@@H]1OC(C)C.[2H]/C(=C\[C@H]1O[C@@H](c2ccccc2)[C@H](OC)[C@@H]1OC(C)C)P(=O)(O)CO.[2H]/C(=C\[C@H]1O[C@@H](c2ccccc2)[C@H](OC)[C@@H]1OC(C)C)P(=O)(O)O. The number of methoxy groups -OCH3 is 6. The molecule has 9 rings (SSSR count). The Balaban J connectivity index is 0.000000333. The molecule has 6 aliphatic rings. The van der Waals surface area contributed by atoms with Crippen molar-refractivity contribution in [1.82, 2.24) is 0 Å². The van der Waals surface area contributed by atoms with Crippen molar-refractivity contribution in [2.75, 3.05) is 88.5 Å². The molecule has 0 saturated carbocycles. The second-order valence-corrected chi connectivity index (χ2v) is 40.5. The molecule has 0 amide bonds. The molecule has 0 bridgehead atoms. The fourth-order valence-corrected chi connectivity index (χ4v) is 14.8. The van der Waals surface area contributed by atoms with E-state index < -0.39 is 226 Å². The highest BCUT2D eigenvalue weighted by Gasteiger charge is 2.50. The lowest BCUT2D eigenvalue weighted by Crippen LogP contribution is -2.36. The molecule has 6 aliphatic heterocycles. The molecule has 6 fully saturated rings. The molecule has 3 aromatic rings. The van der Waals surface area contributed by atoms with Crippen LogP contribution in [0.1, 0.15) is 132 Å². The van der Waals surface area contributed by atoms with Crippen LogP contribution >= 0.6 is 44.7 Å². The van der Waals surface area contributed by atoms with E-state index in [0.717, 1.165) is 36.1 Å². The van der Waals surface area contributed by atoms with Gasteiger partial charge in [0.25, 0.3) is 0 Å². The van der Waals surface area contributed by atoms with Crippen LogP contribution in [0.2, 0.25) is 0 Å². The maximum atomic E-state index is 11.8. The lowest BCUT2D eigenvalue weighted by molar-refractivity contribution is -0.0694. The summed E-state index contributed by atoms with van der Waals surface area (Å²) in [7, 11) is -16.3. The summed E-state index contributed by atoms with van der Waals surface area (Å²) in [6.07, 6.45) is -13.4. The third-order valence-electron chi connectivity index (χ3n) is 17.5. The van der Waals surface area contributed by atoms with Gasteiger partial charge in [0.15, 0.2) is 0 Å². The smallest absolute Gasteiger partial charge is 0.348 e. The molecule has 6 saturated heterocycles. The van der Waals surface area contributed by atoms with E-state index in [1.807, 2.05) is 160 Å². The average molecular weight is 1860 g/mol. The molecule has 6 heterocycles. The number of aliphatic hydroxyl groups is 2. The van der Waals surface area contributed by atoms with Crippen LogP contribution in [-0.4, -0.2) is 284 Å². The molecule has 0 spiro atoms. The second-order valence-electron chi connectivity index (χ2n) is 30.0. The van der Waals surface area contributed by atoms with Crippen molar-refractivity contribution in [3.63, 3.8) is 0 Å². The van der Waals surface area contributed by atoms with Crippen molar-refractivity contribution in [2.45, 2.75) is 248 Å². The van der Waals surface area contributed by atoms with Crippen molar-refractivity contribution >= 4 is 44.7 Å². The first kappa shape index (κ1) is 94.5. The normalized spacial score (nSPS) is 32.8. The first-order valence-electron chi connectivity index (χ1n) is 44.0. The standard InChI is InChI=1S/C17H25O6P.C17H25O5P.C16H23O6P.C11H21O6P.C11H21O5P.C10H19O6P/c1-12(2)22-16-14(9-10-24(19,20)11-18)23-15(17(16)21-3)13-7-5-4-6-8-13;1-12(2)21-16-14(10-11-23(4,18)19)22-15(17(16)20-3)13-8-6-5-7-9-13;1-11(2)21-15-13(9-10-23(17,18)19)22-14(16(15)20-3)12-7-5-4-6-8-12;1-8(2)17-11-9(16-6-10(11)15-3)4-5-18(13,14)7-12;1-8(2)16-11-9(5-6-17(4,12)13)15-7-10(11)14-3;1-7(2)16-10-8(4-5-17(11,12)13)15-6-9(10)14-3/h4-10,12,14-18H,11H2,1-3H3,(H,19,20);5-12,14-17H,1-4H3,(H,18,19);4-11,13-16H,1-3H3,(H2,17,18,19);4-5,8-12H,6-7H2,1-3H3,(H,13,14);5-6,8-11H,7H2,1-4H3,(H,12,13);4-5,7-10H,6H2,1-3H3,(H2,11,12,13)/b10-9+;11-10+;10-9+;5-4+;6-5+;5-4+/t2*14-,15+,16-,17+;13-,14+,15-,16+;2*9-,10+,11-;8-,9+,10-/m111111/s1/i10D;10D,11D;10D;4D,5D;5D,6D;4D,5D. The van der Waals surface area contributed by atoms with Gasteiger partial charge in [-0.2, -0.15) is 0 Å². The number of rotatable bonds is 35. The zero-order chi connectivity index (χ0) is 100. The molecular formula is C82H134O34P6. The van der Waals surface area contributed by atoms with Gasteiger partial charge in [-0.25, -0.2) is 0 Å². The Morgan fingerprint density at radius 3 is 0.844 bits per heavy atom. The fraction of sp³-hybridized carbons (Fsp3) is 0.634. The summed E-state index contributed by atoms with van der Waals surface area (Å²) < 4.78 is 247. The Labute approximate surface area is 732 Å². The van der Waals surface area contributed by atoms with Gasteiger partial charge in [0.05, 0.1) is 70.2 Å². The quantitative estimate of drug-likeness (QED) is 0.0245. The fourth-order valence-electron chi connectivity index (χ4n) is 12.6. The number of hydrogen-bond acceptors (Lipinski definition) is 26. The molecule has 25 atom stereocenters. The minimum atomic E-state index is -4.77. The van der Waals surface area contributed by atoms with Crippen molar-refractivity contribution in [2.24, 2.45) is 0 Å². The van der Waals surface area contributed by atoms with Crippen LogP contribution in [0.15, 0.2) is 162 Å². The van der Waals surface area contributed by atoms with Crippen LogP contribution in [0.4, 0.5) is 0 Å². The molecule has 0 radical (unpaired) electrons. The summed E-state index contributed by atoms with van der Waals surface area (Å²) in [6, 6.07) is 26.6. The Kier molecular flexibility index (Phi) is 41.4. The molecule has 0 aromatic heterocycles. The molecule has 34 nitrogen and oxygen atoms in total. The monoisotopic (exact) mass is 1860 g/mol. The van der Waals surface area contributed by atoms with Gasteiger partial charge >= 0.3 is 15.2 Å².